The van der Waals surface area contributed by atoms with Crippen LogP contribution in [0.2, 0.25) is 0 Å². The number of rotatable bonds is 6. The number of nitrogens with one attached hydrogen (secondary N) is 2. The van der Waals surface area contributed by atoms with Gasteiger partial charge in [0.1, 0.15) is 11.8 Å². The second kappa shape index (κ2) is 7.60. The van der Waals surface area contributed by atoms with E-state index in [0.717, 1.165) is 28.6 Å². The van der Waals surface area contributed by atoms with Crippen LogP contribution >= 0.6 is 15.9 Å². The molecule has 0 spiro atoms. The number of halogens is 1. The topological polar surface area (TPSA) is 84.0 Å². The van der Waals surface area contributed by atoms with Gasteiger partial charge >= 0.3 is 6.03 Å². The van der Waals surface area contributed by atoms with E-state index in [-0.39, 0.29) is 24.5 Å². The van der Waals surface area contributed by atoms with Crippen LogP contribution < -0.4 is 20.7 Å². The molecule has 1 atom stereocenters. The van der Waals surface area contributed by atoms with Crippen LogP contribution in [0.5, 0.6) is 5.75 Å². The molecule has 3 amide bonds. The third-order valence-corrected chi connectivity index (χ3v) is 4.14. The Morgan fingerprint density at radius 2 is 2.18 bits per heavy atom. The average molecular weight is 371 g/mol. The number of urea groups is 1. The van der Waals surface area contributed by atoms with Gasteiger partial charge in [-0.05, 0) is 53.9 Å². The lowest BCUT2D eigenvalue weighted by atomic mass is 10.1. The van der Waals surface area contributed by atoms with E-state index in [0.29, 0.717) is 0 Å². The molecule has 7 heteroatoms. The van der Waals surface area contributed by atoms with Crippen molar-refractivity contribution in [2.45, 2.75) is 31.8 Å². The largest absolute Gasteiger partial charge is 0.496 e. The van der Waals surface area contributed by atoms with E-state index in [9.17, 15) is 9.59 Å². The van der Waals surface area contributed by atoms with Crippen molar-refractivity contribution in [1.82, 2.24) is 10.6 Å². The maximum atomic E-state index is 11.7. The Balaban J connectivity index is 1.78. The standard InChI is InChI=1S/C15H20BrN3O3/c1-9(10-3-6-13(22-2)12(16)7-10)17-8-14(20)19-15(21)18-11-4-5-11/h3,6-7,9,11,17H,4-5,8H2,1-2H3,(H2,18,19,20,21)/p+1/t9-/m0/s1. The van der Waals surface area contributed by atoms with Crippen LogP contribution in [0.1, 0.15) is 31.4 Å². The van der Waals surface area contributed by atoms with Crippen LogP contribution in [0.4, 0.5) is 4.79 Å². The van der Waals surface area contributed by atoms with Gasteiger partial charge in [-0.25, -0.2) is 4.79 Å². The van der Waals surface area contributed by atoms with Gasteiger partial charge in [0.05, 0.1) is 11.6 Å². The lowest BCUT2D eigenvalue weighted by Crippen LogP contribution is -2.87. The van der Waals surface area contributed by atoms with Crippen molar-refractivity contribution in [3.8, 4) is 5.75 Å². The minimum atomic E-state index is -0.402. The predicted octanol–water partition coefficient (Wildman–Crippen LogP) is 1.07. The molecule has 0 unspecified atom stereocenters. The molecule has 1 aromatic rings. The van der Waals surface area contributed by atoms with Crippen molar-refractivity contribution in [3.05, 3.63) is 28.2 Å². The van der Waals surface area contributed by atoms with E-state index < -0.39 is 6.03 Å². The van der Waals surface area contributed by atoms with Gasteiger partial charge in [0, 0.05) is 11.6 Å². The molecule has 4 N–H and O–H groups in total. The van der Waals surface area contributed by atoms with Crippen LogP contribution in [-0.4, -0.2) is 31.6 Å². The summed E-state index contributed by atoms with van der Waals surface area (Å²) < 4.78 is 6.07. The molecule has 0 aromatic heterocycles. The monoisotopic (exact) mass is 370 g/mol. The first-order valence-electron chi connectivity index (χ1n) is 7.26. The molecular formula is C15H21BrN3O3+. The Bertz CT molecular complexity index is 561. The van der Waals surface area contributed by atoms with Gasteiger partial charge < -0.3 is 15.4 Å². The number of imide groups is 1. The molecule has 1 aromatic carbocycles. The zero-order chi connectivity index (χ0) is 16.1. The highest BCUT2D eigenvalue weighted by Crippen LogP contribution is 2.27. The van der Waals surface area contributed by atoms with E-state index in [1.165, 1.54) is 0 Å². The highest BCUT2D eigenvalue weighted by atomic mass is 79.9. The number of hydrogen-bond donors (Lipinski definition) is 3. The van der Waals surface area contributed by atoms with E-state index in [2.05, 4.69) is 26.6 Å². The molecule has 0 saturated heterocycles. The van der Waals surface area contributed by atoms with Crippen molar-refractivity contribution in [3.63, 3.8) is 0 Å². The Kier molecular flexibility index (Phi) is 5.79. The number of quaternary nitrogens is 1. The summed E-state index contributed by atoms with van der Waals surface area (Å²) in [7, 11) is 1.62. The molecule has 1 aliphatic rings. The Morgan fingerprint density at radius 1 is 1.45 bits per heavy atom. The summed E-state index contributed by atoms with van der Waals surface area (Å²) >= 11 is 3.45. The van der Waals surface area contributed by atoms with Crippen molar-refractivity contribution >= 4 is 27.9 Å². The molecule has 0 radical (unpaired) electrons. The molecule has 1 aliphatic carbocycles. The first kappa shape index (κ1) is 16.8. The predicted molar refractivity (Wildman–Crippen MR) is 85.6 cm³/mol. The van der Waals surface area contributed by atoms with Gasteiger partial charge in [0.15, 0.2) is 6.54 Å². The van der Waals surface area contributed by atoms with Crippen LogP contribution in [0.25, 0.3) is 0 Å². The zero-order valence-electron chi connectivity index (χ0n) is 12.7. The second-order valence-electron chi connectivity index (χ2n) is 5.42. The molecular weight excluding hydrogens is 350 g/mol. The number of carbonyl (C=O) groups excluding carboxylic acids is 2. The van der Waals surface area contributed by atoms with E-state index in [1.54, 1.807) is 7.11 Å². The molecule has 6 nitrogen and oxygen atoms in total. The Hall–Kier alpha value is -1.60. The summed E-state index contributed by atoms with van der Waals surface area (Å²) in [6.07, 6.45) is 1.99. The molecule has 1 saturated carbocycles. The summed E-state index contributed by atoms with van der Waals surface area (Å²) in [6, 6.07) is 5.75. The number of ether oxygens (including phenoxy) is 1. The maximum Gasteiger partial charge on any atom is 0.321 e. The van der Waals surface area contributed by atoms with Crippen LogP contribution in [0.15, 0.2) is 22.7 Å². The van der Waals surface area contributed by atoms with Gasteiger partial charge in [-0.3, -0.25) is 10.1 Å². The van der Waals surface area contributed by atoms with Crippen molar-refractivity contribution in [1.29, 1.82) is 0 Å². The number of amides is 3. The summed E-state index contributed by atoms with van der Waals surface area (Å²) in [4.78, 5) is 23.2. The molecule has 1 fully saturated rings. The fourth-order valence-corrected chi connectivity index (χ4v) is 2.57. The van der Waals surface area contributed by atoms with E-state index in [1.807, 2.05) is 30.4 Å². The molecule has 0 aliphatic heterocycles. The number of methoxy groups -OCH3 is 1. The number of nitrogens with two attached hydrogens (primary N) is 1. The van der Waals surface area contributed by atoms with E-state index in [4.69, 9.17) is 4.74 Å². The minimum Gasteiger partial charge on any atom is -0.496 e. The van der Waals surface area contributed by atoms with Gasteiger partial charge in [0.25, 0.3) is 5.91 Å². The van der Waals surface area contributed by atoms with Crippen molar-refractivity contribution < 1.29 is 19.6 Å². The summed E-state index contributed by atoms with van der Waals surface area (Å²) in [6.45, 7) is 2.20. The highest BCUT2D eigenvalue weighted by Gasteiger charge is 2.24. The number of carbonyl (C=O) groups is 2. The van der Waals surface area contributed by atoms with Crippen LogP contribution in [-0.2, 0) is 4.79 Å². The highest BCUT2D eigenvalue weighted by molar-refractivity contribution is 9.10. The molecule has 120 valence electrons. The quantitative estimate of drug-likeness (QED) is 0.700. The second-order valence-corrected chi connectivity index (χ2v) is 6.27. The minimum absolute atomic E-state index is 0.0967. The number of hydrogen-bond acceptors (Lipinski definition) is 3. The van der Waals surface area contributed by atoms with Gasteiger partial charge in [-0.2, -0.15) is 0 Å². The molecule has 0 bridgehead atoms. The van der Waals surface area contributed by atoms with Gasteiger partial charge in [-0.15, -0.1) is 0 Å². The SMILES string of the molecule is COc1ccc([C@H](C)[NH2+]CC(=O)NC(=O)NC2CC2)cc1Br. The lowest BCUT2D eigenvalue weighted by Gasteiger charge is -2.12. The van der Waals surface area contributed by atoms with Crippen LogP contribution in [0.3, 0.4) is 0 Å². The van der Waals surface area contributed by atoms with Crippen molar-refractivity contribution in [2.75, 3.05) is 13.7 Å². The third-order valence-electron chi connectivity index (χ3n) is 3.52. The molecule has 0 heterocycles. The molecule has 22 heavy (non-hydrogen) atoms. The Labute approximate surface area is 138 Å². The molecule has 2 rings (SSSR count). The van der Waals surface area contributed by atoms with Gasteiger partial charge in [-0.1, -0.05) is 0 Å². The first-order chi connectivity index (χ1) is 10.5. The number of benzene rings is 1. The smallest absolute Gasteiger partial charge is 0.321 e. The maximum absolute atomic E-state index is 11.7. The summed E-state index contributed by atoms with van der Waals surface area (Å²) in [5.74, 6) is 0.475. The van der Waals surface area contributed by atoms with Crippen LogP contribution in [0, 0.1) is 0 Å². The lowest BCUT2D eigenvalue weighted by molar-refractivity contribution is -0.682. The fourth-order valence-electron chi connectivity index (χ4n) is 2.01. The summed E-state index contributed by atoms with van der Waals surface area (Å²) in [5, 5.41) is 6.94. The summed E-state index contributed by atoms with van der Waals surface area (Å²) in [5.41, 5.74) is 1.07. The van der Waals surface area contributed by atoms with Gasteiger partial charge in [0.2, 0.25) is 0 Å². The Morgan fingerprint density at radius 3 is 2.77 bits per heavy atom. The van der Waals surface area contributed by atoms with Crippen molar-refractivity contribution in [2.24, 2.45) is 0 Å². The van der Waals surface area contributed by atoms with E-state index >= 15 is 0 Å². The first-order valence-corrected chi connectivity index (χ1v) is 8.06. The normalized spacial score (nSPS) is 15.0. The third kappa shape index (κ3) is 4.99. The zero-order valence-corrected chi connectivity index (χ0v) is 14.3. The fraction of sp³-hybridized carbons (Fsp3) is 0.467. The average Bonchev–Trinajstić information content (AvgIpc) is 3.28.